The average molecular weight is 240 g/mol. The minimum Gasteiger partial charge on any atom is -0.497 e. The molecule has 1 N–H and O–H groups in total. The van der Waals surface area contributed by atoms with Crippen molar-refractivity contribution in [3.8, 4) is 17.2 Å². The van der Waals surface area contributed by atoms with Crippen molar-refractivity contribution < 1.29 is 9.47 Å². The molecular formula is C14H12N2O2. The van der Waals surface area contributed by atoms with E-state index in [0.29, 0.717) is 0 Å². The van der Waals surface area contributed by atoms with Gasteiger partial charge in [-0.15, -0.1) is 0 Å². The molecule has 0 unspecified atom stereocenters. The zero-order valence-electron chi connectivity index (χ0n) is 9.88. The van der Waals surface area contributed by atoms with Gasteiger partial charge < -0.3 is 14.5 Å². The van der Waals surface area contributed by atoms with Crippen LogP contribution in [0.4, 0.5) is 0 Å². The van der Waals surface area contributed by atoms with Crippen LogP contribution >= 0.6 is 0 Å². The summed E-state index contributed by atoms with van der Waals surface area (Å²) in [5, 5.41) is 0. The van der Waals surface area contributed by atoms with Gasteiger partial charge in [-0.05, 0) is 36.4 Å². The number of ether oxygens (including phenoxy) is 2. The zero-order valence-corrected chi connectivity index (χ0v) is 9.88. The highest BCUT2D eigenvalue weighted by atomic mass is 16.5. The van der Waals surface area contributed by atoms with E-state index in [1.54, 1.807) is 13.4 Å². The summed E-state index contributed by atoms with van der Waals surface area (Å²) in [5.74, 6) is 2.36. The van der Waals surface area contributed by atoms with Crippen molar-refractivity contribution in [3.63, 3.8) is 0 Å². The predicted octanol–water partition coefficient (Wildman–Crippen LogP) is 3.36. The maximum absolute atomic E-state index is 5.75. The molecular weight excluding hydrogens is 228 g/mol. The number of H-pyrrole nitrogens is 1. The number of fused-ring (bicyclic) bond motifs is 1. The lowest BCUT2D eigenvalue weighted by molar-refractivity contribution is 0.413. The van der Waals surface area contributed by atoms with Gasteiger partial charge in [-0.2, -0.15) is 0 Å². The van der Waals surface area contributed by atoms with Crippen LogP contribution in [0.1, 0.15) is 0 Å². The normalized spacial score (nSPS) is 10.5. The Kier molecular flexibility index (Phi) is 2.61. The second-order valence-corrected chi connectivity index (χ2v) is 3.86. The van der Waals surface area contributed by atoms with Gasteiger partial charge in [0.1, 0.15) is 17.2 Å². The molecule has 2 aromatic carbocycles. The van der Waals surface area contributed by atoms with Crippen molar-refractivity contribution in [3.05, 3.63) is 48.8 Å². The molecule has 0 spiro atoms. The predicted molar refractivity (Wildman–Crippen MR) is 69.2 cm³/mol. The first-order valence-electron chi connectivity index (χ1n) is 5.60. The van der Waals surface area contributed by atoms with Crippen LogP contribution in [0, 0.1) is 0 Å². The third-order valence-corrected chi connectivity index (χ3v) is 2.69. The van der Waals surface area contributed by atoms with Crippen molar-refractivity contribution in [1.82, 2.24) is 9.97 Å². The van der Waals surface area contributed by atoms with E-state index in [0.717, 1.165) is 28.3 Å². The summed E-state index contributed by atoms with van der Waals surface area (Å²) in [7, 11) is 1.64. The first kappa shape index (κ1) is 10.7. The number of nitrogens with one attached hydrogen (secondary N) is 1. The number of nitrogens with zero attached hydrogens (tertiary/aromatic N) is 1. The highest BCUT2D eigenvalue weighted by molar-refractivity contribution is 5.76. The second kappa shape index (κ2) is 4.41. The van der Waals surface area contributed by atoms with Gasteiger partial charge in [0.05, 0.1) is 24.5 Å². The molecule has 0 saturated carbocycles. The van der Waals surface area contributed by atoms with Crippen LogP contribution in [0.3, 0.4) is 0 Å². The van der Waals surface area contributed by atoms with Gasteiger partial charge in [0.25, 0.3) is 0 Å². The summed E-state index contributed by atoms with van der Waals surface area (Å²) in [6.45, 7) is 0. The Morgan fingerprint density at radius 3 is 2.44 bits per heavy atom. The molecule has 18 heavy (non-hydrogen) atoms. The number of methoxy groups -OCH3 is 1. The minimum atomic E-state index is 0.773. The maximum atomic E-state index is 5.75. The molecule has 3 aromatic rings. The Balaban J connectivity index is 1.85. The molecule has 90 valence electrons. The van der Waals surface area contributed by atoms with Gasteiger partial charge in [-0.1, -0.05) is 0 Å². The Labute approximate surface area is 104 Å². The molecule has 0 radical (unpaired) electrons. The zero-order chi connectivity index (χ0) is 12.4. The van der Waals surface area contributed by atoms with Crippen LogP contribution in [0.25, 0.3) is 11.0 Å². The summed E-state index contributed by atoms with van der Waals surface area (Å²) in [6.07, 6.45) is 1.67. The highest BCUT2D eigenvalue weighted by Gasteiger charge is 2.01. The third kappa shape index (κ3) is 2.00. The summed E-state index contributed by atoms with van der Waals surface area (Å²) in [5.41, 5.74) is 1.89. The van der Waals surface area contributed by atoms with Gasteiger partial charge in [0.2, 0.25) is 0 Å². The molecule has 0 fully saturated rings. The van der Waals surface area contributed by atoms with E-state index in [4.69, 9.17) is 9.47 Å². The lowest BCUT2D eigenvalue weighted by Gasteiger charge is -2.06. The Bertz CT molecular complexity index is 659. The molecule has 4 heteroatoms. The summed E-state index contributed by atoms with van der Waals surface area (Å²) >= 11 is 0. The molecule has 1 aromatic heterocycles. The van der Waals surface area contributed by atoms with Crippen molar-refractivity contribution in [2.45, 2.75) is 0 Å². The van der Waals surface area contributed by atoms with Gasteiger partial charge in [-0.25, -0.2) is 4.98 Å². The van der Waals surface area contributed by atoms with Crippen LogP contribution in [-0.2, 0) is 0 Å². The minimum absolute atomic E-state index is 0.773. The number of aromatic nitrogens is 2. The fraction of sp³-hybridized carbons (Fsp3) is 0.0714. The van der Waals surface area contributed by atoms with Crippen LogP contribution in [0.15, 0.2) is 48.8 Å². The quantitative estimate of drug-likeness (QED) is 0.763. The van der Waals surface area contributed by atoms with Crippen molar-refractivity contribution in [1.29, 1.82) is 0 Å². The molecule has 4 nitrogen and oxygen atoms in total. The topological polar surface area (TPSA) is 47.1 Å². The van der Waals surface area contributed by atoms with E-state index < -0.39 is 0 Å². The number of benzene rings is 2. The van der Waals surface area contributed by atoms with Gasteiger partial charge >= 0.3 is 0 Å². The summed E-state index contributed by atoms with van der Waals surface area (Å²) in [4.78, 5) is 7.21. The van der Waals surface area contributed by atoms with Gasteiger partial charge in [-0.3, -0.25) is 0 Å². The molecule has 3 rings (SSSR count). The summed E-state index contributed by atoms with van der Waals surface area (Å²) in [6, 6.07) is 13.2. The summed E-state index contributed by atoms with van der Waals surface area (Å²) < 4.78 is 10.8. The number of aromatic amines is 1. The van der Waals surface area contributed by atoms with E-state index in [2.05, 4.69) is 9.97 Å². The molecule has 1 heterocycles. The highest BCUT2D eigenvalue weighted by Crippen LogP contribution is 2.25. The molecule has 0 saturated heterocycles. The second-order valence-electron chi connectivity index (χ2n) is 3.86. The van der Waals surface area contributed by atoms with Gasteiger partial charge in [0.15, 0.2) is 0 Å². The number of rotatable bonds is 3. The fourth-order valence-electron chi connectivity index (χ4n) is 1.76. The van der Waals surface area contributed by atoms with Crippen LogP contribution in [-0.4, -0.2) is 17.1 Å². The maximum Gasteiger partial charge on any atom is 0.129 e. The first-order valence-corrected chi connectivity index (χ1v) is 5.60. The lowest BCUT2D eigenvalue weighted by atomic mass is 10.3. The van der Waals surface area contributed by atoms with Crippen molar-refractivity contribution in [2.24, 2.45) is 0 Å². The Morgan fingerprint density at radius 2 is 1.67 bits per heavy atom. The van der Waals surface area contributed by atoms with Crippen LogP contribution in [0.2, 0.25) is 0 Å². The monoisotopic (exact) mass is 240 g/mol. The smallest absolute Gasteiger partial charge is 0.129 e. The van der Waals surface area contributed by atoms with E-state index in [1.165, 1.54) is 0 Å². The van der Waals surface area contributed by atoms with Crippen LogP contribution in [0.5, 0.6) is 17.2 Å². The molecule has 0 bridgehead atoms. The fourth-order valence-corrected chi connectivity index (χ4v) is 1.76. The third-order valence-electron chi connectivity index (χ3n) is 2.69. The van der Waals surface area contributed by atoms with Crippen molar-refractivity contribution in [2.75, 3.05) is 7.11 Å². The standard InChI is InChI=1S/C14H12N2O2/c1-17-10-2-4-11(5-3-10)18-12-6-7-13-14(8-12)16-9-15-13/h2-9H,1H3,(H,15,16). The SMILES string of the molecule is COc1ccc(Oc2ccc3nc[nH]c3c2)cc1. The number of hydrogen-bond acceptors (Lipinski definition) is 3. The molecule has 0 amide bonds. The lowest BCUT2D eigenvalue weighted by Crippen LogP contribution is -1.85. The molecule has 0 aliphatic heterocycles. The number of hydrogen-bond donors (Lipinski definition) is 1. The van der Waals surface area contributed by atoms with E-state index >= 15 is 0 Å². The molecule has 0 aliphatic rings. The first-order chi connectivity index (χ1) is 8.85. The molecule has 0 atom stereocenters. The Hall–Kier alpha value is -2.49. The van der Waals surface area contributed by atoms with E-state index in [9.17, 15) is 0 Å². The number of imidazole rings is 1. The van der Waals surface area contributed by atoms with E-state index in [-0.39, 0.29) is 0 Å². The van der Waals surface area contributed by atoms with E-state index in [1.807, 2.05) is 42.5 Å². The van der Waals surface area contributed by atoms with Crippen LogP contribution < -0.4 is 9.47 Å². The average Bonchev–Trinajstić information content (AvgIpc) is 2.87. The van der Waals surface area contributed by atoms with Crippen molar-refractivity contribution >= 4 is 11.0 Å². The molecule has 0 aliphatic carbocycles. The largest absolute Gasteiger partial charge is 0.497 e. The van der Waals surface area contributed by atoms with Gasteiger partial charge in [0, 0.05) is 6.07 Å². The Morgan fingerprint density at radius 1 is 0.944 bits per heavy atom.